The Labute approximate surface area is 159 Å². The minimum absolute atomic E-state index is 0.000196. The number of rotatable bonds is 3. The van der Waals surface area contributed by atoms with Crippen LogP contribution < -0.4 is 9.47 Å². The smallest absolute Gasteiger partial charge is 0.272 e. The van der Waals surface area contributed by atoms with Gasteiger partial charge in [0.15, 0.2) is 11.5 Å². The van der Waals surface area contributed by atoms with Crippen molar-refractivity contribution < 1.29 is 14.3 Å². The molecule has 2 aliphatic rings. The van der Waals surface area contributed by atoms with Crippen LogP contribution in [0.15, 0.2) is 24.3 Å². The molecule has 0 N–H and O–H groups in total. The highest BCUT2D eigenvalue weighted by Crippen LogP contribution is 2.37. The Hall–Kier alpha value is -2.63. The van der Waals surface area contributed by atoms with Crippen LogP contribution in [0.4, 0.5) is 0 Å². The van der Waals surface area contributed by atoms with Crippen LogP contribution in [0.5, 0.6) is 11.5 Å². The van der Waals surface area contributed by atoms with Crippen molar-refractivity contribution in [2.75, 3.05) is 19.9 Å². The molecule has 0 radical (unpaired) electrons. The van der Waals surface area contributed by atoms with E-state index in [1.54, 1.807) is 6.07 Å². The van der Waals surface area contributed by atoms with E-state index in [1.807, 2.05) is 24.8 Å². The molecule has 2 aliphatic heterocycles. The lowest BCUT2D eigenvalue weighted by molar-refractivity contribution is 0.0544. The number of benzene rings is 1. The Kier molecular flexibility index (Phi) is 4.50. The van der Waals surface area contributed by atoms with Gasteiger partial charge in [-0.15, -0.1) is 0 Å². The van der Waals surface area contributed by atoms with E-state index in [2.05, 4.69) is 29.0 Å². The molecule has 1 amide bonds. The van der Waals surface area contributed by atoms with Crippen molar-refractivity contribution in [3.05, 3.63) is 47.0 Å². The molecule has 0 bridgehead atoms. The number of ether oxygens (including phenoxy) is 2. The van der Waals surface area contributed by atoms with Crippen LogP contribution in [-0.4, -0.2) is 40.7 Å². The molecule has 2 aromatic rings. The van der Waals surface area contributed by atoms with E-state index in [0.29, 0.717) is 11.5 Å². The van der Waals surface area contributed by atoms with Gasteiger partial charge in [-0.25, -0.2) is 9.97 Å². The van der Waals surface area contributed by atoms with E-state index in [1.165, 1.54) is 5.56 Å². The monoisotopic (exact) mass is 367 g/mol. The van der Waals surface area contributed by atoms with Gasteiger partial charge in [0.2, 0.25) is 6.79 Å². The van der Waals surface area contributed by atoms with Gasteiger partial charge in [0.05, 0.1) is 0 Å². The molecule has 27 heavy (non-hydrogen) atoms. The van der Waals surface area contributed by atoms with E-state index in [0.717, 1.165) is 49.5 Å². The van der Waals surface area contributed by atoms with Crippen LogP contribution in [0.25, 0.3) is 0 Å². The minimum Gasteiger partial charge on any atom is -0.454 e. The van der Waals surface area contributed by atoms with E-state index in [4.69, 9.17) is 9.47 Å². The summed E-state index contributed by atoms with van der Waals surface area (Å²) < 4.78 is 10.9. The summed E-state index contributed by atoms with van der Waals surface area (Å²) in [5.41, 5.74) is 2.56. The molecule has 0 saturated carbocycles. The standard InChI is InChI=1S/C21H25N3O3/c1-14-9-17(23-15(2)22-14)20(25)24-8-4-7-21(3,12-24)11-16-5-6-18-19(10-16)27-13-26-18/h5-6,9-10H,4,7-8,11-13H2,1-3H3/t21-/m0/s1. The largest absolute Gasteiger partial charge is 0.454 e. The molecule has 6 heteroatoms. The zero-order chi connectivity index (χ0) is 19.0. The summed E-state index contributed by atoms with van der Waals surface area (Å²) in [7, 11) is 0. The van der Waals surface area contributed by atoms with Crippen molar-refractivity contribution in [1.82, 2.24) is 14.9 Å². The van der Waals surface area contributed by atoms with Gasteiger partial charge < -0.3 is 14.4 Å². The second-order valence-electron chi connectivity index (χ2n) is 7.95. The normalized spacial score (nSPS) is 21.4. The third-order valence-corrected chi connectivity index (χ3v) is 5.32. The van der Waals surface area contributed by atoms with Crippen LogP contribution in [0.1, 0.15) is 47.3 Å². The van der Waals surface area contributed by atoms with E-state index >= 15 is 0 Å². The first-order chi connectivity index (χ1) is 12.9. The molecule has 0 aliphatic carbocycles. The average molecular weight is 367 g/mol. The molecule has 1 aromatic carbocycles. The summed E-state index contributed by atoms with van der Waals surface area (Å²) in [6.45, 7) is 7.76. The number of fused-ring (bicyclic) bond motifs is 1. The Morgan fingerprint density at radius 1 is 1.19 bits per heavy atom. The third-order valence-electron chi connectivity index (χ3n) is 5.32. The van der Waals surface area contributed by atoms with Gasteiger partial charge >= 0.3 is 0 Å². The second kappa shape index (κ2) is 6.83. The lowest BCUT2D eigenvalue weighted by Gasteiger charge is -2.40. The zero-order valence-corrected chi connectivity index (χ0v) is 16.1. The van der Waals surface area contributed by atoms with Crippen molar-refractivity contribution in [3.63, 3.8) is 0 Å². The van der Waals surface area contributed by atoms with Gasteiger partial charge in [-0.1, -0.05) is 13.0 Å². The SMILES string of the molecule is Cc1cc(C(=O)N2CCC[C@@](C)(Cc3ccc4c(c3)OCO4)C2)nc(C)n1. The molecule has 142 valence electrons. The van der Waals surface area contributed by atoms with Gasteiger partial charge in [0, 0.05) is 18.8 Å². The first-order valence-corrected chi connectivity index (χ1v) is 9.42. The fraction of sp³-hybridized carbons (Fsp3) is 0.476. The van der Waals surface area contributed by atoms with Crippen molar-refractivity contribution in [2.24, 2.45) is 5.41 Å². The summed E-state index contributed by atoms with van der Waals surface area (Å²) in [5.74, 6) is 2.25. The van der Waals surface area contributed by atoms with Crippen LogP contribution in [-0.2, 0) is 6.42 Å². The highest BCUT2D eigenvalue weighted by molar-refractivity contribution is 5.92. The predicted molar refractivity (Wildman–Crippen MR) is 101 cm³/mol. The van der Waals surface area contributed by atoms with E-state index in [9.17, 15) is 4.79 Å². The second-order valence-corrected chi connectivity index (χ2v) is 7.95. The maximum absolute atomic E-state index is 13.0. The maximum Gasteiger partial charge on any atom is 0.272 e. The van der Waals surface area contributed by atoms with Gasteiger partial charge in [0.25, 0.3) is 5.91 Å². The van der Waals surface area contributed by atoms with Crippen molar-refractivity contribution in [1.29, 1.82) is 0 Å². The molecule has 1 fully saturated rings. The Bertz CT molecular complexity index is 863. The van der Waals surface area contributed by atoms with Crippen molar-refractivity contribution in [2.45, 2.75) is 40.0 Å². The van der Waals surface area contributed by atoms with Crippen LogP contribution in [0, 0.1) is 19.3 Å². The number of aromatic nitrogens is 2. The van der Waals surface area contributed by atoms with Crippen LogP contribution >= 0.6 is 0 Å². The third kappa shape index (κ3) is 3.75. The molecular weight excluding hydrogens is 342 g/mol. The number of piperidine rings is 1. The molecule has 4 rings (SSSR count). The molecule has 0 spiro atoms. The highest BCUT2D eigenvalue weighted by atomic mass is 16.7. The fourth-order valence-electron chi connectivity index (χ4n) is 4.17. The first kappa shape index (κ1) is 17.8. The molecule has 1 aromatic heterocycles. The van der Waals surface area contributed by atoms with E-state index in [-0.39, 0.29) is 18.1 Å². The molecule has 1 atom stereocenters. The average Bonchev–Trinajstić information content (AvgIpc) is 3.07. The van der Waals surface area contributed by atoms with Crippen LogP contribution in [0.3, 0.4) is 0 Å². The Morgan fingerprint density at radius 2 is 2.00 bits per heavy atom. The van der Waals surface area contributed by atoms with Gasteiger partial charge in [-0.05, 0) is 62.3 Å². The lowest BCUT2D eigenvalue weighted by atomic mass is 9.77. The van der Waals surface area contributed by atoms with E-state index < -0.39 is 0 Å². The fourth-order valence-corrected chi connectivity index (χ4v) is 4.17. The molecule has 6 nitrogen and oxygen atoms in total. The number of aryl methyl sites for hydroxylation is 2. The quantitative estimate of drug-likeness (QED) is 0.833. The molecule has 0 unspecified atom stereocenters. The maximum atomic E-state index is 13.0. The number of hydrogen-bond acceptors (Lipinski definition) is 5. The topological polar surface area (TPSA) is 64.6 Å². The molecular formula is C21H25N3O3. The summed E-state index contributed by atoms with van der Waals surface area (Å²) in [6.07, 6.45) is 2.98. The number of nitrogens with zero attached hydrogens (tertiary/aromatic N) is 3. The van der Waals surface area contributed by atoms with Gasteiger partial charge in [0.1, 0.15) is 11.5 Å². The van der Waals surface area contributed by atoms with Gasteiger partial charge in [-0.3, -0.25) is 4.79 Å². The number of carbonyl (C=O) groups excluding carboxylic acids is 1. The zero-order valence-electron chi connectivity index (χ0n) is 16.1. The van der Waals surface area contributed by atoms with Crippen molar-refractivity contribution in [3.8, 4) is 11.5 Å². The summed E-state index contributed by atoms with van der Waals surface area (Å²) in [4.78, 5) is 23.6. The molecule has 3 heterocycles. The summed E-state index contributed by atoms with van der Waals surface area (Å²) >= 11 is 0. The number of amides is 1. The summed E-state index contributed by atoms with van der Waals surface area (Å²) in [5, 5.41) is 0. The number of carbonyl (C=O) groups is 1. The lowest BCUT2D eigenvalue weighted by Crippen LogP contribution is -2.46. The highest BCUT2D eigenvalue weighted by Gasteiger charge is 2.34. The first-order valence-electron chi connectivity index (χ1n) is 9.42. The Balaban J connectivity index is 1.50. The Morgan fingerprint density at radius 3 is 2.81 bits per heavy atom. The minimum atomic E-state index is 0.000196. The van der Waals surface area contributed by atoms with Crippen LogP contribution in [0.2, 0.25) is 0 Å². The molecule has 1 saturated heterocycles. The number of likely N-dealkylation sites (tertiary alicyclic amines) is 1. The summed E-state index contributed by atoms with van der Waals surface area (Å²) in [6, 6.07) is 7.90. The van der Waals surface area contributed by atoms with Gasteiger partial charge in [-0.2, -0.15) is 0 Å². The van der Waals surface area contributed by atoms with Crippen molar-refractivity contribution >= 4 is 5.91 Å². The number of hydrogen-bond donors (Lipinski definition) is 0. The predicted octanol–water partition coefficient (Wildman–Crippen LogP) is 3.31.